The maximum Gasteiger partial charge on any atom is 0.321 e. The summed E-state index contributed by atoms with van der Waals surface area (Å²) >= 11 is 13.0. The first-order chi connectivity index (χ1) is 19.5. The highest BCUT2D eigenvalue weighted by molar-refractivity contribution is 6.39. The Labute approximate surface area is 246 Å². The quantitative estimate of drug-likeness (QED) is 0.216. The number of likely N-dealkylation sites (N-methyl/N-ethyl adjacent to an activating group) is 1. The fraction of sp³-hybridized carbons (Fsp3) is 0.250. The largest absolute Gasteiger partial charge is 0.442 e. The van der Waals surface area contributed by atoms with E-state index in [2.05, 4.69) is 36.2 Å². The summed E-state index contributed by atoms with van der Waals surface area (Å²) in [5.74, 6) is 0.960. The zero-order valence-electron chi connectivity index (χ0n) is 22.6. The van der Waals surface area contributed by atoms with Gasteiger partial charge in [-0.1, -0.05) is 29.3 Å². The van der Waals surface area contributed by atoms with Crippen molar-refractivity contribution < 1.29 is 19.1 Å². The average molecular weight is 596 g/mol. The van der Waals surface area contributed by atoms with Gasteiger partial charge in [-0.15, -0.1) is 0 Å². The van der Waals surface area contributed by atoms with Gasteiger partial charge < -0.3 is 25.4 Å². The van der Waals surface area contributed by atoms with Gasteiger partial charge in [0.1, 0.15) is 5.82 Å². The van der Waals surface area contributed by atoms with Gasteiger partial charge >= 0.3 is 18.2 Å². The molecule has 13 heteroatoms. The summed E-state index contributed by atoms with van der Waals surface area (Å²) < 4.78 is 11.2. The zero-order valence-corrected chi connectivity index (χ0v) is 24.1. The number of fused-ring (bicyclic) bond motifs is 2. The van der Waals surface area contributed by atoms with E-state index in [0.717, 1.165) is 0 Å². The molecule has 1 atom stereocenters. The summed E-state index contributed by atoms with van der Waals surface area (Å²) in [6.45, 7) is 7.88. The van der Waals surface area contributed by atoms with Crippen molar-refractivity contribution in [3.63, 3.8) is 0 Å². The number of nitrogens with one attached hydrogen (secondary N) is 4. The first-order valence-electron chi connectivity index (χ1n) is 12.7. The Bertz CT molecular complexity index is 1640. The van der Waals surface area contributed by atoms with Gasteiger partial charge in [0.15, 0.2) is 17.1 Å². The Morgan fingerprint density at radius 1 is 1.00 bits per heavy atom. The predicted molar refractivity (Wildman–Crippen MR) is 158 cm³/mol. The van der Waals surface area contributed by atoms with Crippen molar-refractivity contribution >= 4 is 63.6 Å². The minimum absolute atomic E-state index is 0.221. The summed E-state index contributed by atoms with van der Waals surface area (Å²) in [5, 5.41) is 12.8. The van der Waals surface area contributed by atoms with E-state index in [1.807, 2.05) is 27.7 Å². The van der Waals surface area contributed by atoms with E-state index in [9.17, 15) is 9.59 Å². The minimum atomic E-state index is -1.05. The highest BCUT2D eigenvalue weighted by Gasteiger charge is 2.30. The second kappa shape index (κ2) is 11.3. The first-order valence-corrected chi connectivity index (χ1v) is 13.5. The highest BCUT2D eigenvalue weighted by Crippen LogP contribution is 2.40. The molecule has 1 unspecified atom stereocenters. The second-order valence-electron chi connectivity index (χ2n) is 10.2. The maximum absolute atomic E-state index is 12.8. The van der Waals surface area contributed by atoms with Gasteiger partial charge in [-0.25, -0.2) is 14.8 Å². The Morgan fingerprint density at radius 2 is 1.73 bits per heavy atom. The number of carbonyl (C=O) groups is 2. The molecule has 4 N–H and O–H groups in total. The Hall–Kier alpha value is -4.35. The number of anilines is 3. The van der Waals surface area contributed by atoms with E-state index >= 15 is 0 Å². The van der Waals surface area contributed by atoms with Crippen molar-refractivity contribution in [3.05, 3.63) is 58.7 Å². The lowest BCUT2D eigenvalue weighted by molar-refractivity contribution is -0.136. The Balaban J connectivity index is 1.47. The normalized spacial score (nSPS) is 14.0. The molecule has 2 aromatic heterocycles. The molecule has 2 aromatic carbocycles. The summed E-state index contributed by atoms with van der Waals surface area (Å²) in [5.41, 5.74) is 1.47. The molecule has 41 heavy (non-hydrogen) atoms. The molecule has 1 aliphatic heterocycles. The van der Waals surface area contributed by atoms with Crippen molar-refractivity contribution in [2.24, 2.45) is 0 Å². The molecular formula is C28H27Cl2N7O4. The van der Waals surface area contributed by atoms with Gasteiger partial charge in [-0.05, 0) is 58.0 Å². The lowest BCUT2D eigenvalue weighted by atomic mass is 10.0. The number of nitrogens with zero attached hydrogens (tertiary/aromatic N) is 3. The average Bonchev–Trinajstić information content (AvgIpc) is 3.32. The molecule has 0 spiro atoms. The number of aromatic nitrogens is 3. The van der Waals surface area contributed by atoms with Crippen LogP contribution in [0.15, 0.2) is 48.7 Å². The minimum Gasteiger partial charge on any atom is -0.442 e. The highest BCUT2D eigenvalue weighted by atomic mass is 35.5. The number of pyridine rings is 1. The van der Waals surface area contributed by atoms with Crippen LogP contribution in [0.2, 0.25) is 10.0 Å². The van der Waals surface area contributed by atoms with Gasteiger partial charge in [0.25, 0.3) is 0 Å². The standard InChI is InChI=1S/C28H27Cl2N7O4/c1-5-31-24(38)25-40-19-10-9-15(12-20(19)41-25)33-26-32-13-14-11-16(21-17(29)7-6-8-18(21)30)23(34-22(14)35-26)36-27(39)37-28(2,3)4/h6-13,25H,5H2,1-4H3,(H,31,38)(H3,32,33,34,35,36,37,39). The molecule has 4 aromatic rings. The number of amides is 3. The monoisotopic (exact) mass is 595 g/mol. The molecule has 0 saturated heterocycles. The van der Waals surface area contributed by atoms with Crippen LogP contribution in [-0.2, 0) is 4.79 Å². The van der Waals surface area contributed by atoms with Crippen LogP contribution < -0.4 is 30.7 Å². The molecule has 5 rings (SSSR count). The number of carbonyl (C=O) groups excluding carboxylic acids is 2. The first kappa shape index (κ1) is 28.2. The number of urea groups is 1. The third-order valence-corrected chi connectivity index (χ3v) is 6.38. The van der Waals surface area contributed by atoms with Crippen LogP contribution in [0.4, 0.5) is 22.2 Å². The van der Waals surface area contributed by atoms with Gasteiger partial charge in [0, 0.05) is 46.5 Å². The number of halogens is 2. The Morgan fingerprint density at radius 3 is 2.44 bits per heavy atom. The maximum atomic E-state index is 12.8. The van der Waals surface area contributed by atoms with Gasteiger partial charge in [-0.3, -0.25) is 10.1 Å². The number of hydrogen-bond donors (Lipinski definition) is 4. The lowest BCUT2D eigenvalue weighted by Gasteiger charge is -2.21. The number of rotatable bonds is 6. The lowest BCUT2D eigenvalue weighted by Crippen LogP contribution is -2.43. The smallest absolute Gasteiger partial charge is 0.321 e. The third-order valence-electron chi connectivity index (χ3n) is 5.75. The Kier molecular flexibility index (Phi) is 7.74. The van der Waals surface area contributed by atoms with Crippen molar-refractivity contribution in [1.82, 2.24) is 25.6 Å². The summed E-state index contributed by atoms with van der Waals surface area (Å²) in [6.07, 6.45) is 0.548. The molecular weight excluding hydrogens is 569 g/mol. The van der Waals surface area contributed by atoms with Gasteiger partial charge in [0.05, 0.1) is 10.0 Å². The molecule has 212 valence electrons. The van der Waals surface area contributed by atoms with Gasteiger partial charge in [0.2, 0.25) is 5.95 Å². The molecule has 0 aliphatic carbocycles. The van der Waals surface area contributed by atoms with E-state index in [1.54, 1.807) is 48.7 Å². The molecule has 3 amide bonds. The van der Waals surface area contributed by atoms with Crippen LogP contribution in [0.25, 0.3) is 22.2 Å². The van der Waals surface area contributed by atoms with Crippen molar-refractivity contribution in [2.45, 2.75) is 39.5 Å². The van der Waals surface area contributed by atoms with Crippen molar-refractivity contribution in [2.75, 3.05) is 17.2 Å². The fourth-order valence-corrected chi connectivity index (χ4v) is 4.67. The zero-order chi connectivity index (χ0) is 29.3. The van der Waals surface area contributed by atoms with E-state index in [1.165, 1.54) is 0 Å². The van der Waals surface area contributed by atoms with Crippen LogP contribution in [0.5, 0.6) is 11.5 Å². The molecule has 0 saturated carbocycles. The van der Waals surface area contributed by atoms with Crippen molar-refractivity contribution in [3.8, 4) is 22.6 Å². The van der Waals surface area contributed by atoms with E-state index in [-0.39, 0.29) is 17.7 Å². The second-order valence-corrected chi connectivity index (χ2v) is 11.0. The van der Waals surface area contributed by atoms with Crippen LogP contribution in [0, 0.1) is 0 Å². The van der Waals surface area contributed by atoms with E-state index in [0.29, 0.717) is 55.9 Å². The van der Waals surface area contributed by atoms with Crippen LogP contribution in [-0.4, -0.2) is 45.3 Å². The molecule has 0 bridgehead atoms. The molecule has 0 radical (unpaired) electrons. The number of ether oxygens (including phenoxy) is 2. The molecule has 1 aliphatic rings. The third kappa shape index (κ3) is 6.36. The summed E-state index contributed by atoms with van der Waals surface area (Å²) in [6, 6.07) is 11.6. The van der Waals surface area contributed by atoms with E-state index in [4.69, 9.17) is 32.7 Å². The SMILES string of the molecule is CCNC(=O)C1Oc2ccc(Nc3ncc4cc(-c5c(Cl)cccc5Cl)c(NC(=O)NC(C)(C)C)nc4n3)cc2O1. The molecule has 3 heterocycles. The summed E-state index contributed by atoms with van der Waals surface area (Å²) in [7, 11) is 0. The number of benzene rings is 2. The van der Waals surface area contributed by atoms with Crippen LogP contribution in [0.1, 0.15) is 27.7 Å². The van der Waals surface area contributed by atoms with Crippen LogP contribution >= 0.6 is 23.2 Å². The predicted octanol–water partition coefficient (Wildman–Crippen LogP) is 5.90. The molecule has 0 fully saturated rings. The van der Waals surface area contributed by atoms with Crippen molar-refractivity contribution in [1.29, 1.82) is 0 Å². The topological polar surface area (TPSA) is 139 Å². The summed E-state index contributed by atoms with van der Waals surface area (Å²) in [4.78, 5) is 38.5. The van der Waals surface area contributed by atoms with Gasteiger partial charge in [-0.2, -0.15) is 4.98 Å². The van der Waals surface area contributed by atoms with Crippen LogP contribution in [0.3, 0.4) is 0 Å². The molecule has 11 nitrogen and oxygen atoms in total. The fourth-order valence-electron chi connectivity index (χ4n) is 4.07. The van der Waals surface area contributed by atoms with E-state index < -0.39 is 17.9 Å². The number of hydrogen-bond acceptors (Lipinski definition) is 8.